The maximum absolute atomic E-state index is 13.6. The van der Waals surface area contributed by atoms with Gasteiger partial charge in [0.15, 0.2) is 11.4 Å². The molecular formula is C20H25O5P. The fourth-order valence-electron chi connectivity index (χ4n) is 3.32. The third kappa shape index (κ3) is 4.13. The van der Waals surface area contributed by atoms with E-state index in [-0.39, 0.29) is 13.0 Å². The first-order chi connectivity index (χ1) is 12.4. The Balaban J connectivity index is 2.77. The summed E-state index contributed by atoms with van der Waals surface area (Å²) in [6.07, 6.45) is 0.678. The summed E-state index contributed by atoms with van der Waals surface area (Å²) in [6, 6.07) is 17.2. The second-order valence-corrected chi connectivity index (χ2v) is 7.92. The molecule has 26 heavy (non-hydrogen) atoms. The Bertz CT molecular complexity index is 756. The molecule has 140 valence electrons. The molecule has 2 aromatic rings. The minimum absolute atomic E-state index is 0.147. The van der Waals surface area contributed by atoms with Gasteiger partial charge in [0.2, 0.25) is 0 Å². The molecule has 2 unspecified atom stereocenters. The van der Waals surface area contributed by atoms with Crippen molar-refractivity contribution in [3.63, 3.8) is 0 Å². The third-order valence-electron chi connectivity index (χ3n) is 4.39. The summed E-state index contributed by atoms with van der Waals surface area (Å²) >= 11 is 0. The second kappa shape index (κ2) is 8.74. The van der Waals surface area contributed by atoms with E-state index in [2.05, 4.69) is 0 Å². The standard InChI is InChI=1S/C20H25O5P/c1-3-11-18(26(22,23)24)20(25-4-2,17-14-9-6-10-15-17)19(21)16-12-7-5-8-13-16/h5-10,12-15,18H,3-4,11H2,1-2H3,(H2,22,23,24). The van der Waals surface area contributed by atoms with Crippen molar-refractivity contribution in [2.24, 2.45) is 0 Å². The third-order valence-corrected chi connectivity index (χ3v) is 5.82. The first-order valence-corrected chi connectivity index (χ1v) is 10.4. The number of rotatable bonds is 9. The number of benzene rings is 2. The van der Waals surface area contributed by atoms with Crippen molar-refractivity contribution in [1.29, 1.82) is 0 Å². The molecule has 2 atom stereocenters. The van der Waals surface area contributed by atoms with E-state index in [1.165, 1.54) is 0 Å². The van der Waals surface area contributed by atoms with Crippen LogP contribution in [0.3, 0.4) is 0 Å². The SMILES string of the molecule is CCCC(C(OCC)(C(=O)c1ccccc1)c1ccccc1)P(=O)(O)O. The lowest BCUT2D eigenvalue weighted by atomic mass is 9.81. The quantitative estimate of drug-likeness (QED) is 0.507. The van der Waals surface area contributed by atoms with Crippen molar-refractivity contribution in [1.82, 2.24) is 0 Å². The summed E-state index contributed by atoms with van der Waals surface area (Å²) in [4.78, 5) is 33.8. The van der Waals surface area contributed by atoms with Crippen LogP contribution in [-0.2, 0) is 14.9 Å². The van der Waals surface area contributed by atoms with Gasteiger partial charge >= 0.3 is 7.60 Å². The van der Waals surface area contributed by atoms with E-state index in [4.69, 9.17) is 4.74 Å². The van der Waals surface area contributed by atoms with E-state index >= 15 is 0 Å². The minimum Gasteiger partial charge on any atom is -0.361 e. The fourth-order valence-corrected chi connectivity index (χ4v) is 4.73. The lowest BCUT2D eigenvalue weighted by Crippen LogP contribution is -2.49. The molecule has 0 saturated carbocycles. The number of carbonyl (C=O) groups excluding carboxylic acids is 1. The Morgan fingerprint density at radius 1 is 1.04 bits per heavy atom. The molecule has 0 bridgehead atoms. The van der Waals surface area contributed by atoms with Crippen LogP contribution in [0.4, 0.5) is 0 Å². The van der Waals surface area contributed by atoms with E-state index in [0.29, 0.717) is 17.5 Å². The predicted molar refractivity (Wildman–Crippen MR) is 101 cm³/mol. The van der Waals surface area contributed by atoms with Crippen LogP contribution in [0.2, 0.25) is 0 Å². The number of carbonyl (C=O) groups is 1. The zero-order valence-corrected chi connectivity index (χ0v) is 15.9. The second-order valence-electron chi connectivity index (χ2n) is 6.12. The molecule has 0 aliphatic rings. The van der Waals surface area contributed by atoms with Crippen LogP contribution in [0, 0.1) is 0 Å². The predicted octanol–water partition coefficient (Wildman–Crippen LogP) is 4.15. The first kappa shape index (κ1) is 20.5. The molecule has 2 rings (SSSR count). The van der Waals surface area contributed by atoms with E-state index < -0.39 is 24.6 Å². The van der Waals surface area contributed by atoms with Gasteiger partial charge in [0, 0.05) is 12.2 Å². The molecule has 0 radical (unpaired) electrons. The van der Waals surface area contributed by atoms with Crippen LogP contribution in [0.25, 0.3) is 0 Å². The largest absolute Gasteiger partial charge is 0.361 e. The van der Waals surface area contributed by atoms with Gasteiger partial charge in [-0.25, -0.2) is 0 Å². The van der Waals surface area contributed by atoms with Crippen molar-refractivity contribution in [2.45, 2.75) is 37.9 Å². The number of hydrogen-bond donors (Lipinski definition) is 2. The van der Waals surface area contributed by atoms with Gasteiger partial charge < -0.3 is 14.5 Å². The summed E-state index contributed by atoms with van der Waals surface area (Å²) in [5.74, 6) is -0.437. The van der Waals surface area contributed by atoms with E-state index in [9.17, 15) is 19.1 Å². The zero-order chi connectivity index (χ0) is 19.2. The van der Waals surface area contributed by atoms with Gasteiger partial charge in [-0.2, -0.15) is 0 Å². The highest BCUT2D eigenvalue weighted by Crippen LogP contribution is 2.54. The molecule has 0 fully saturated rings. The van der Waals surface area contributed by atoms with Gasteiger partial charge in [-0.05, 0) is 18.9 Å². The van der Waals surface area contributed by atoms with E-state index in [1.807, 2.05) is 6.92 Å². The van der Waals surface area contributed by atoms with E-state index in [0.717, 1.165) is 0 Å². The Morgan fingerprint density at radius 2 is 1.58 bits per heavy atom. The number of ketones is 1. The van der Waals surface area contributed by atoms with Gasteiger partial charge in [0.05, 0.1) is 0 Å². The Kier molecular flexibility index (Phi) is 6.90. The number of hydrogen-bond acceptors (Lipinski definition) is 3. The maximum Gasteiger partial charge on any atom is 0.332 e. The highest BCUT2D eigenvalue weighted by Gasteiger charge is 2.54. The van der Waals surface area contributed by atoms with Crippen LogP contribution >= 0.6 is 7.60 Å². The summed E-state index contributed by atoms with van der Waals surface area (Å²) in [5.41, 5.74) is -2.20. The van der Waals surface area contributed by atoms with Gasteiger partial charge in [-0.3, -0.25) is 9.36 Å². The molecule has 0 spiro atoms. The van der Waals surface area contributed by atoms with Gasteiger partial charge in [0.25, 0.3) is 0 Å². The van der Waals surface area contributed by atoms with Crippen LogP contribution in [-0.4, -0.2) is 27.8 Å². The molecule has 0 aliphatic heterocycles. The molecule has 0 aliphatic carbocycles. The minimum atomic E-state index is -4.63. The molecule has 0 saturated heterocycles. The first-order valence-electron chi connectivity index (χ1n) is 8.72. The summed E-state index contributed by atoms with van der Waals surface area (Å²) in [7, 11) is -4.63. The summed E-state index contributed by atoms with van der Waals surface area (Å²) in [5, 5.41) is 0. The lowest BCUT2D eigenvalue weighted by Gasteiger charge is -2.39. The van der Waals surface area contributed by atoms with Crippen LogP contribution in [0.1, 0.15) is 42.6 Å². The van der Waals surface area contributed by atoms with Crippen molar-refractivity contribution in [3.8, 4) is 0 Å². The maximum atomic E-state index is 13.6. The Morgan fingerprint density at radius 3 is 2.04 bits per heavy atom. The molecule has 0 aromatic heterocycles. The van der Waals surface area contributed by atoms with E-state index in [1.54, 1.807) is 67.6 Å². The number of ether oxygens (including phenoxy) is 1. The summed E-state index contributed by atoms with van der Waals surface area (Å²) < 4.78 is 18.3. The molecular weight excluding hydrogens is 351 g/mol. The normalized spacial score (nSPS) is 15.2. The van der Waals surface area contributed by atoms with Gasteiger partial charge in [-0.1, -0.05) is 74.0 Å². The average Bonchev–Trinajstić information content (AvgIpc) is 2.64. The molecule has 0 heterocycles. The molecule has 6 heteroatoms. The smallest absolute Gasteiger partial charge is 0.332 e. The van der Waals surface area contributed by atoms with Crippen LogP contribution in [0.5, 0.6) is 0 Å². The molecule has 2 aromatic carbocycles. The molecule has 2 N–H and O–H groups in total. The Hall–Kier alpha value is -1.78. The molecule has 0 amide bonds. The lowest BCUT2D eigenvalue weighted by molar-refractivity contribution is -0.0317. The summed E-state index contributed by atoms with van der Waals surface area (Å²) in [6.45, 7) is 3.70. The Labute approximate surface area is 154 Å². The number of Topliss-reactive ketones (excluding diaryl/α,β-unsaturated/α-hetero) is 1. The van der Waals surface area contributed by atoms with Crippen LogP contribution in [0.15, 0.2) is 60.7 Å². The van der Waals surface area contributed by atoms with Crippen molar-refractivity contribution >= 4 is 13.4 Å². The fraction of sp³-hybridized carbons (Fsp3) is 0.350. The average molecular weight is 376 g/mol. The molecule has 5 nitrogen and oxygen atoms in total. The monoisotopic (exact) mass is 376 g/mol. The van der Waals surface area contributed by atoms with Crippen molar-refractivity contribution in [3.05, 3.63) is 71.8 Å². The highest BCUT2D eigenvalue weighted by molar-refractivity contribution is 7.52. The van der Waals surface area contributed by atoms with Gasteiger partial charge in [-0.15, -0.1) is 0 Å². The van der Waals surface area contributed by atoms with Gasteiger partial charge in [0.1, 0.15) is 5.66 Å². The topological polar surface area (TPSA) is 83.8 Å². The van der Waals surface area contributed by atoms with Crippen molar-refractivity contribution < 1.29 is 23.9 Å². The highest BCUT2D eigenvalue weighted by atomic mass is 31.2. The van der Waals surface area contributed by atoms with Crippen molar-refractivity contribution in [2.75, 3.05) is 6.61 Å². The zero-order valence-electron chi connectivity index (χ0n) is 15.0. The van der Waals surface area contributed by atoms with Crippen LogP contribution < -0.4 is 0 Å².